The minimum Gasteiger partial charge on any atom is -0.309 e. The van der Waals surface area contributed by atoms with Gasteiger partial charge in [-0.2, -0.15) is 0 Å². The standard InChI is InChI=1S/C13H23NO2S2/c1-5-7-14-12(6-8-18(4,15)16)13-9-10(2)11(3)17-13/h9,12,14H,5-8H2,1-4H3. The summed E-state index contributed by atoms with van der Waals surface area (Å²) in [5.74, 6) is 0.240. The van der Waals surface area contributed by atoms with Crippen LogP contribution in [0, 0.1) is 13.8 Å². The number of rotatable bonds is 7. The first-order valence-electron chi connectivity index (χ1n) is 6.31. The van der Waals surface area contributed by atoms with Gasteiger partial charge in [0.1, 0.15) is 9.84 Å². The van der Waals surface area contributed by atoms with Crippen molar-refractivity contribution in [1.82, 2.24) is 5.32 Å². The Morgan fingerprint density at radius 3 is 2.50 bits per heavy atom. The molecule has 0 aliphatic heterocycles. The van der Waals surface area contributed by atoms with Crippen LogP contribution in [-0.4, -0.2) is 27.0 Å². The number of aryl methyl sites for hydroxylation is 2. The summed E-state index contributed by atoms with van der Waals surface area (Å²) in [6.45, 7) is 7.25. The van der Waals surface area contributed by atoms with Gasteiger partial charge in [0.05, 0.1) is 5.75 Å². The number of thiophene rings is 1. The van der Waals surface area contributed by atoms with E-state index >= 15 is 0 Å². The Balaban J connectivity index is 2.77. The van der Waals surface area contributed by atoms with Crippen molar-refractivity contribution < 1.29 is 8.42 Å². The van der Waals surface area contributed by atoms with Gasteiger partial charge in [0, 0.05) is 22.1 Å². The summed E-state index contributed by atoms with van der Waals surface area (Å²) in [5.41, 5.74) is 1.29. The number of hydrogen-bond acceptors (Lipinski definition) is 4. The van der Waals surface area contributed by atoms with Gasteiger partial charge >= 0.3 is 0 Å². The Morgan fingerprint density at radius 2 is 2.06 bits per heavy atom. The lowest BCUT2D eigenvalue weighted by Gasteiger charge is -2.16. The van der Waals surface area contributed by atoms with Crippen LogP contribution < -0.4 is 5.32 Å². The maximum Gasteiger partial charge on any atom is 0.147 e. The Morgan fingerprint density at radius 1 is 1.39 bits per heavy atom. The maximum absolute atomic E-state index is 11.3. The van der Waals surface area contributed by atoms with Crippen molar-refractivity contribution in [2.75, 3.05) is 18.6 Å². The molecule has 104 valence electrons. The van der Waals surface area contributed by atoms with Gasteiger partial charge in [0.2, 0.25) is 0 Å². The molecule has 1 aromatic heterocycles. The summed E-state index contributed by atoms with van der Waals surface area (Å²) in [5, 5.41) is 3.44. The van der Waals surface area contributed by atoms with E-state index in [2.05, 4.69) is 32.2 Å². The van der Waals surface area contributed by atoms with Crippen LogP contribution in [0.3, 0.4) is 0 Å². The Hall–Kier alpha value is -0.390. The van der Waals surface area contributed by atoms with Gasteiger partial charge in [-0.05, 0) is 44.9 Å². The Bertz CT molecular complexity index is 458. The fourth-order valence-corrected chi connectivity index (χ4v) is 3.59. The molecule has 3 nitrogen and oxygen atoms in total. The minimum absolute atomic E-state index is 0.164. The van der Waals surface area contributed by atoms with Crippen molar-refractivity contribution in [1.29, 1.82) is 0 Å². The molecule has 1 atom stereocenters. The molecule has 1 N–H and O–H groups in total. The molecule has 0 radical (unpaired) electrons. The Kier molecular flexibility index (Phi) is 5.82. The third-order valence-electron chi connectivity index (χ3n) is 2.95. The van der Waals surface area contributed by atoms with Crippen molar-refractivity contribution in [3.05, 3.63) is 21.4 Å². The smallest absolute Gasteiger partial charge is 0.147 e. The lowest BCUT2D eigenvalue weighted by atomic mass is 10.1. The topological polar surface area (TPSA) is 46.2 Å². The van der Waals surface area contributed by atoms with E-state index in [0.29, 0.717) is 6.42 Å². The predicted octanol–water partition coefficient (Wildman–Crippen LogP) is 2.84. The molecule has 18 heavy (non-hydrogen) atoms. The number of nitrogens with one attached hydrogen (secondary N) is 1. The van der Waals surface area contributed by atoms with Crippen LogP contribution in [0.5, 0.6) is 0 Å². The van der Waals surface area contributed by atoms with Crippen LogP contribution in [0.2, 0.25) is 0 Å². The van der Waals surface area contributed by atoms with Crippen molar-refractivity contribution in [3.63, 3.8) is 0 Å². The third kappa shape index (κ3) is 5.08. The Labute approximate surface area is 115 Å². The largest absolute Gasteiger partial charge is 0.309 e. The molecule has 0 saturated heterocycles. The number of hydrogen-bond donors (Lipinski definition) is 1. The van der Waals surface area contributed by atoms with E-state index in [4.69, 9.17) is 0 Å². The molecule has 1 heterocycles. The fourth-order valence-electron chi connectivity index (χ4n) is 1.77. The van der Waals surface area contributed by atoms with Crippen molar-refractivity contribution >= 4 is 21.2 Å². The van der Waals surface area contributed by atoms with Crippen LogP contribution in [0.15, 0.2) is 6.07 Å². The summed E-state index contributed by atoms with van der Waals surface area (Å²) in [6.07, 6.45) is 3.01. The molecular formula is C13H23NO2S2. The monoisotopic (exact) mass is 289 g/mol. The fraction of sp³-hybridized carbons (Fsp3) is 0.692. The maximum atomic E-state index is 11.3. The second-order valence-corrected chi connectivity index (χ2v) is 8.36. The quantitative estimate of drug-likeness (QED) is 0.839. The van der Waals surface area contributed by atoms with Crippen LogP contribution in [0.1, 0.15) is 41.1 Å². The minimum atomic E-state index is -2.89. The van der Waals surface area contributed by atoms with Gasteiger partial charge in [-0.25, -0.2) is 8.42 Å². The summed E-state index contributed by atoms with van der Waals surface area (Å²) in [4.78, 5) is 2.56. The average molecular weight is 289 g/mol. The molecule has 0 saturated carbocycles. The predicted molar refractivity (Wildman–Crippen MR) is 79.2 cm³/mol. The highest BCUT2D eigenvalue weighted by Gasteiger charge is 2.16. The van der Waals surface area contributed by atoms with Crippen LogP contribution >= 0.6 is 11.3 Å². The van der Waals surface area contributed by atoms with Crippen LogP contribution in [0.4, 0.5) is 0 Å². The van der Waals surface area contributed by atoms with Gasteiger partial charge in [-0.3, -0.25) is 0 Å². The lowest BCUT2D eigenvalue weighted by Crippen LogP contribution is -2.23. The first-order chi connectivity index (χ1) is 8.33. The summed E-state index contributed by atoms with van der Waals surface area (Å²) < 4.78 is 22.6. The van der Waals surface area contributed by atoms with Crippen LogP contribution in [-0.2, 0) is 9.84 Å². The molecule has 1 rings (SSSR count). The highest BCUT2D eigenvalue weighted by atomic mass is 32.2. The van der Waals surface area contributed by atoms with E-state index < -0.39 is 9.84 Å². The van der Waals surface area contributed by atoms with Gasteiger partial charge in [-0.1, -0.05) is 6.92 Å². The molecule has 1 aromatic rings. The van der Waals surface area contributed by atoms with E-state index in [1.165, 1.54) is 21.6 Å². The van der Waals surface area contributed by atoms with Gasteiger partial charge < -0.3 is 5.32 Å². The van der Waals surface area contributed by atoms with E-state index in [1.54, 1.807) is 11.3 Å². The number of sulfone groups is 1. The highest BCUT2D eigenvalue weighted by Crippen LogP contribution is 2.28. The molecule has 0 aliphatic carbocycles. The van der Waals surface area contributed by atoms with Gasteiger partial charge in [-0.15, -0.1) is 11.3 Å². The summed E-state index contributed by atoms with van der Waals surface area (Å²) in [6, 6.07) is 2.34. The SMILES string of the molecule is CCCNC(CCS(C)(=O)=O)c1cc(C)c(C)s1. The van der Waals surface area contributed by atoms with Crippen molar-refractivity contribution in [3.8, 4) is 0 Å². The first kappa shape index (κ1) is 15.7. The van der Waals surface area contributed by atoms with Crippen molar-refractivity contribution in [2.45, 2.75) is 39.7 Å². The van der Waals surface area contributed by atoms with E-state index in [0.717, 1.165) is 13.0 Å². The zero-order chi connectivity index (χ0) is 13.8. The molecule has 0 fully saturated rings. The zero-order valence-electron chi connectivity index (χ0n) is 11.6. The average Bonchev–Trinajstić information content (AvgIpc) is 2.58. The van der Waals surface area contributed by atoms with E-state index in [9.17, 15) is 8.42 Å². The molecule has 0 aliphatic rings. The van der Waals surface area contributed by atoms with Gasteiger partial charge in [0.15, 0.2) is 0 Å². The summed E-state index contributed by atoms with van der Waals surface area (Å²) in [7, 11) is -2.89. The molecule has 1 unspecified atom stereocenters. The highest BCUT2D eigenvalue weighted by molar-refractivity contribution is 7.90. The molecule has 0 spiro atoms. The van der Waals surface area contributed by atoms with E-state index in [-0.39, 0.29) is 11.8 Å². The third-order valence-corrected chi connectivity index (χ3v) is 5.19. The molecule has 0 aromatic carbocycles. The lowest BCUT2D eigenvalue weighted by molar-refractivity contribution is 0.520. The molecule has 0 bridgehead atoms. The normalized spacial score (nSPS) is 13.8. The van der Waals surface area contributed by atoms with Crippen LogP contribution in [0.25, 0.3) is 0 Å². The summed E-state index contributed by atoms with van der Waals surface area (Å²) >= 11 is 1.77. The molecule has 5 heteroatoms. The zero-order valence-corrected chi connectivity index (χ0v) is 13.2. The second-order valence-electron chi connectivity index (χ2n) is 4.81. The molecule has 0 amide bonds. The molecular weight excluding hydrogens is 266 g/mol. The van der Waals surface area contributed by atoms with Crippen molar-refractivity contribution in [2.24, 2.45) is 0 Å². The second kappa shape index (κ2) is 6.68. The van der Waals surface area contributed by atoms with E-state index in [1.807, 2.05) is 0 Å². The van der Waals surface area contributed by atoms with Gasteiger partial charge in [0.25, 0.3) is 0 Å². The first-order valence-corrected chi connectivity index (χ1v) is 9.19.